The van der Waals surface area contributed by atoms with Gasteiger partial charge >= 0.3 is 112 Å². The molecule has 0 aromatic heterocycles. The van der Waals surface area contributed by atoms with Crippen LogP contribution in [0.5, 0.6) is 0 Å². The minimum atomic E-state index is -0.525. The van der Waals surface area contributed by atoms with Crippen LogP contribution in [0.2, 0.25) is 0 Å². The third kappa shape index (κ3) is 15.9. The van der Waals surface area contributed by atoms with E-state index in [-0.39, 0.29) is 21.8 Å². The Morgan fingerprint density at radius 3 is 1.46 bits per heavy atom. The predicted molar refractivity (Wildman–Crippen MR) is 151 cm³/mol. The molecule has 3 aromatic rings. The summed E-state index contributed by atoms with van der Waals surface area (Å²) in [7, 11) is 6.06. The normalized spacial score (nSPS) is 10.2. The van der Waals surface area contributed by atoms with Gasteiger partial charge in [0, 0.05) is 0 Å². The maximum absolute atomic E-state index is 7.50. The van der Waals surface area contributed by atoms with Gasteiger partial charge in [0.25, 0.3) is 0 Å². The molecule has 0 amide bonds. The van der Waals surface area contributed by atoms with Gasteiger partial charge in [-0.1, -0.05) is 76.5 Å². The fourth-order valence-corrected chi connectivity index (χ4v) is 5.26. The molecule has 0 aliphatic rings. The number of rotatable bonds is 7. The van der Waals surface area contributed by atoms with E-state index in [1.54, 1.807) is 0 Å². The molecule has 0 bridgehead atoms. The zero-order chi connectivity index (χ0) is 26.5. The van der Waals surface area contributed by atoms with E-state index in [1.807, 2.05) is 37.3 Å². The first-order valence-electron chi connectivity index (χ1n) is 10.6. The first-order chi connectivity index (χ1) is 16.9. The average Bonchev–Trinajstić information content (AvgIpc) is 2.91. The fourth-order valence-electron chi connectivity index (χ4n) is 2.39. The maximum atomic E-state index is 7.50. The Hall–Kier alpha value is -1.62. The van der Waals surface area contributed by atoms with Crippen molar-refractivity contribution in [1.82, 2.24) is 0 Å². The van der Waals surface area contributed by atoms with Crippen LogP contribution < -0.4 is 10.6 Å². The van der Waals surface area contributed by atoms with Crippen molar-refractivity contribution in [3.8, 4) is 0 Å². The minimum absolute atomic E-state index is 0.0475. The van der Waals surface area contributed by atoms with Gasteiger partial charge in [-0.25, -0.2) is 0 Å². The van der Waals surface area contributed by atoms with E-state index in [4.69, 9.17) is 30.4 Å². The molecule has 35 heavy (non-hydrogen) atoms. The fraction of sp³-hybridized carbons (Fsp3) is 0.214. The molecule has 0 atom stereocenters. The van der Waals surface area contributed by atoms with Crippen molar-refractivity contribution < 1.29 is 29.8 Å². The summed E-state index contributed by atoms with van der Waals surface area (Å²) in [5.41, 5.74) is 0.938. The van der Waals surface area contributed by atoms with Crippen molar-refractivity contribution in [3.05, 3.63) is 116 Å². The number of halogens is 1. The number of hydrogen-bond acceptors (Lipinski definition) is 2. The van der Waals surface area contributed by atoms with E-state index in [1.165, 1.54) is 10.6 Å². The average molecular weight is 616 g/mol. The van der Waals surface area contributed by atoms with Crippen LogP contribution in [0.1, 0.15) is 12.5 Å². The molecule has 0 saturated heterocycles. The molecule has 3 rings (SSSR count). The van der Waals surface area contributed by atoms with Gasteiger partial charge in [-0.05, 0) is 37.3 Å². The van der Waals surface area contributed by atoms with Crippen LogP contribution in [0.3, 0.4) is 0 Å². The molecule has 0 unspecified atom stereocenters. The quantitative estimate of drug-likeness (QED) is 0.0965. The van der Waals surface area contributed by atoms with Crippen LogP contribution in [0.15, 0.2) is 96.9 Å². The molecule has 0 aliphatic carbocycles. The van der Waals surface area contributed by atoms with E-state index in [0.29, 0.717) is 10.9 Å². The molecule has 3 nitrogen and oxygen atoms in total. The van der Waals surface area contributed by atoms with Crippen LogP contribution >= 0.6 is 25.5 Å². The summed E-state index contributed by atoms with van der Waals surface area (Å²) in [6.45, 7) is 21.4. The summed E-state index contributed by atoms with van der Waals surface area (Å²) >= 11 is -0.525. The summed E-state index contributed by atoms with van der Waals surface area (Å²) in [6, 6.07) is 30.9. The molecule has 0 heterocycles. The second-order valence-electron chi connectivity index (χ2n) is 7.01. The Morgan fingerprint density at radius 2 is 1.17 bits per heavy atom. The third-order valence-corrected chi connectivity index (χ3v) is 8.43. The Balaban J connectivity index is 0.000000501. The predicted octanol–water partition coefficient (Wildman–Crippen LogP) is 6.80. The van der Waals surface area contributed by atoms with Crippen molar-refractivity contribution in [2.45, 2.75) is 6.92 Å². The van der Waals surface area contributed by atoms with Gasteiger partial charge in [0.15, 0.2) is 0 Å². The third-order valence-electron chi connectivity index (χ3n) is 4.07. The van der Waals surface area contributed by atoms with E-state index >= 15 is 0 Å². The van der Waals surface area contributed by atoms with E-state index in [9.17, 15) is 0 Å². The van der Waals surface area contributed by atoms with E-state index in [0.717, 1.165) is 5.56 Å². The molecule has 0 radical (unpaired) electrons. The molecular weight excluding hydrogens is 583 g/mol. The van der Waals surface area contributed by atoms with Gasteiger partial charge < -0.3 is 0 Å². The summed E-state index contributed by atoms with van der Waals surface area (Å²) in [6.07, 6.45) is 0. The van der Waals surface area contributed by atoms with Crippen LogP contribution in [0, 0.1) is 13.2 Å². The second kappa shape index (κ2) is 21.6. The van der Waals surface area contributed by atoms with Crippen molar-refractivity contribution in [3.63, 3.8) is 0 Å². The molecule has 0 fully saturated rings. The molecule has 0 saturated carbocycles. The van der Waals surface area contributed by atoms with Gasteiger partial charge in [-0.15, -0.1) is 0 Å². The Labute approximate surface area is 225 Å². The van der Waals surface area contributed by atoms with Gasteiger partial charge in [0.1, 0.15) is 0 Å². The monoisotopic (exact) mass is 616 g/mol. The van der Waals surface area contributed by atoms with Gasteiger partial charge in [-0.3, -0.25) is 0 Å². The summed E-state index contributed by atoms with van der Waals surface area (Å²) in [5.74, 6) is 0.0475. The van der Waals surface area contributed by atoms with Gasteiger partial charge in [-0.2, -0.15) is 0 Å². The molecule has 3 aromatic carbocycles. The van der Waals surface area contributed by atoms with E-state index in [2.05, 4.69) is 94.0 Å². The first-order valence-corrected chi connectivity index (χ1v) is 18.2. The van der Waals surface area contributed by atoms with Crippen LogP contribution in [0.25, 0.3) is 0 Å². The zero-order valence-electron chi connectivity index (χ0n) is 20.8. The van der Waals surface area contributed by atoms with Crippen molar-refractivity contribution in [2.75, 3.05) is 33.3 Å². The standard InChI is InChI=1S/C11H11O2.2C8H11P.CO.ClH.Ru/c1-3-12-10(2)13-9-11-7-5-4-6-8-11;2*1-9(2)8-6-4-3-5-7-8;1-2;;/h2,4-8H,3H2,1H3;2*3-7H,1-2H3;;1H;/q-1;;;;;+1/p-1. The van der Waals surface area contributed by atoms with Crippen molar-refractivity contribution in [1.29, 1.82) is 0 Å². The molecule has 189 valence electrons. The number of ether oxygens (including phenoxy) is 2. The van der Waals surface area contributed by atoms with Crippen LogP contribution in [-0.2, 0) is 29.8 Å². The summed E-state index contributed by atoms with van der Waals surface area (Å²) < 4.78 is 18.5. The Morgan fingerprint density at radius 1 is 0.800 bits per heavy atom. The Bertz CT molecular complexity index is 937. The molecule has 0 aliphatic heterocycles. The molecular formula is C28H33ClO3P2Ru-. The van der Waals surface area contributed by atoms with Gasteiger partial charge in [0.2, 0.25) is 0 Å². The van der Waals surface area contributed by atoms with E-state index < -0.39 is 15.7 Å². The Kier molecular flexibility index (Phi) is 20.6. The van der Waals surface area contributed by atoms with Crippen LogP contribution in [-0.4, -0.2) is 37.6 Å². The van der Waals surface area contributed by atoms with Crippen molar-refractivity contribution >= 4 is 40.4 Å². The first kappa shape index (κ1) is 33.4. The zero-order valence-corrected chi connectivity index (χ0v) is 25.1. The molecule has 0 spiro atoms. The second-order valence-corrected chi connectivity index (χ2v) is 13.5. The SMILES string of the molecule is CP(C)c1ccccc1.CP(C)c1ccccc1.[C-]#[O+].[CH-]=C(OCC)O[C](=[Ru][Cl])c1ccccc1. The molecule has 0 N–H and O–H groups in total. The number of benzene rings is 3. The van der Waals surface area contributed by atoms with Gasteiger partial charge in [0.05, 0.1) is 0 Å². The van der Waals surface area contributed by atoms with Crippen LogP contribution in [0.4, 0.5) is 0 Å². The summed E-state index contributed by atoms with van der Waals surface area (Å²) in [4.78, 5) is 0. The summed E-state index contributed by atoms with van der Waals surface area (Å²) in [5, 5.41) is 2.96. The molecule has 7 heteroatoms. The topological polar surface area (TPSA) is 38.4 Å². The van der Waals surface area contributed by atoms with Crippen molar-refractivity contribution in [2.24, 2.45) is 0 Å². The number of hydrogen-bond donors (Lipinski definition) is 0.